The Balaban J connectivity index is 1.29. The van der Waals surface area contributed by atoms with Gasteiger partial charge in [-0.25, -0.2) is 9.97 Å². The van der Waals surface area contributed by atoms with Crippen molar-refractivity contribution >= 4 is 33.5 Å². The maximum absolute atomic E-state index is 5.23. The van der Waals surface area contributed by atoms with Gasteiger partial charge < -0.3 is 10.1 Å². The van der Waals surface area contributed by atoms with Gasteiger partial charge in [0.05, 0.1) is 18.5 Å². The van der Waals surface area contributed by atoms with E-state index in [-0.39, 0.29) is 0 Å². The largest absolute Gasteiger partial charge is 0.497 e. The molecule has 152 valence electrons. The van der Waals surface area contributed by atoms with Crippen molar-refractivity contribution in [1.29, 1.82) is 0 Å². The van der Waals surface area contributed by atoms with Crippen LogP contribution in [0.3, 0.4) is 0 Å². The van der Waals surface area contributed by atoms with Gasteiger partial charge in [-0.05, 0) is 36.4 Å². The van der Waals surface area contributed by atoms with E-state index in [2.05, 4.69) is 52.5 Å². The van der Waals surface area contributed by atoms with E-state index in [1.165, 1.54) is 0 Å². The summed E-state index contributed by atoms with van der Waals surface area (Å²) in [7, 11) is 1.67. The molecule has 2 heterocycles. The lowest BCUT2D eigenvalue weighted by molar-refractivity contribution is 0.415. The maximum Gasteiger partial charge on any atom is 0.187 e. The fraction of sp³-hybridized carbons (Fsp3) is 0.0400. The number of nitrogens with zero attached hydrogens (tertiary/aromatic N) is 2. The first-order chi connectivity index (χ1) is 15.3. The molecule has 3 aromatic carbocycles. The van der Waals surface area contributed by atoms with Gasteiger partial charge in [0.15, 0.2) is 5.13 Å². The quantitative estimate of drug-likeness (QED) is 0.299. The highest BCUT2D eigenvalue weighted by Gasteiger charge is 2.08. The molecule has 0 aliphatic rings. The number of aromatic nitrogens is 2. The molecule has 0 radical (unpaired) electrons. The number of benzene rings is 3. The van der Waals surface area contributed by atoms with Crippen molar-refractivity contribution in [3.8, 4) is 38.8 Å². The summed E-state index contributed by atoms with van der Waals surface area (Å²) in [5.74, 6) is 0.847. The van der Waals surface area contributed by atoms with Crippen molar-refractivity contribution in [1.82, 2.24) is 9.97 Å². The molecular weight excluding hydrogens is 422 g/mol. The lowest BCUT2D eigenvalue weighted by Gasteiger charge is -2.04. The summed E-state index contributed by atoms with van der Waals surface area (Å²) >= 11 is 3.24. The normalized spacial score (nSPS) is 10.7. The van der Waals surface area contributed by atoms with Crippen LogP contribution in [0.2, 0.25) is 0 Å². The molecule has 2 aromatic heterocycles. The maximum atomic E-state index is 5.23. The topological polar surface area (TPSA) is 47.0 Å². The number of hydrogen-bond donors (Lipinski definition) is 1. The highest BCUT2D eigenvalue weighted by molar-refractivity contribution is 7.14. The minimum absolute atomic E-state index is 0.847. The van der Waals surface area contributed by atoms with E-state index in [1.54, 1.807) is 29.8 Å². The Hall–Kier alpha value is -3.48. The molecule has 1 N–H and O–H groups in total. The molecule has 0 saturated heterocycles. The molecule has 0 bridgehead atoms. The van der Waals surface area contributed by atoms with Gasteiger partial charge in [0.25, 0.3) is 0 Å². The van der Waals surface area contributed by atoms with E-state index in [0.717, 1.165) is 49.7 Å². The third-order valence-corrected chi connectivity index (χ3v) is 6.50. The van der Waals surface area contributed by atoms with Crippen LogP contribution in [0.4, 0.5) is 10.8 Å². The first kappa shape index (κ1) is 19.5. The third-order valence-electron chi connectivity index (χ3n) is 4.85. The minimum atomic E-state index is 0.847. The Morgan fingerprint density at radius 1 is 0.677 bits per heavy atom. The average molecular weight is 442 g/mol. The van der Waals surface area contributed by atoms with Gasteiger partial charge in [0.1, 0.15) is 10.8 Å². The van der Waals surface area contributed by atoms with Gasteiger partial charge in [-0.2, -0.15) is 0 Å². The standard InChI is InChI=1S/C25H19N3OS2/c1-29-21-13-9-19(10-14-21)24-27-22(15-30-24)18-7-11-20(12-8-18)26-25-28-23(16-31-25)17-5-3-2-4-6-17/h2-16H,1H3,(H,26,28). The summed E-state index contributed by atoms with van der Waals surface area (Å²) in [6.07, 6.45) is 0. The van der Waals surface area contributed by atoms with Crippen molar-refractivity contribution in [2.45, 2.75) is 0 Å². The first-order valence-corrected chi connectivity index (χ1v) is 11.5. The Bertz CT molecular complexity index is 1280. The molecule has 5 aromatic rings. The molecule has 0 atom stereocenters. The summed E-state index contributed by atoms with van der Waals surface area (Å²) in [6.45, 7) is 0. The van der Waals surface area contributed by atoms with Crippen molar-refractivity contribution in [3.05, 3.63) is 89.6 Å². The Kier molecular flexibility index (Phi) is 5.48. The predicted octanol–water partition coefficient (Wildman–Crippen LogP) is 7.35. The highest BCUT2D eigenvalue weighted by Crippen LogP contribution is 2.31. The van der Waals surface area contributed by atoms with E-state index in [4.69, 9.17) is 14.7 Å². The number of ether oxygens (including phenoxy) is 1. The molecule has 0 spiro atoms. The van der Waals surface area contributed by atoms with Crippen LogP contribution in [0.25, 0.3) is 33.1 Å². The number of hydrogen-bond acceptors (Lipinski definition) is 6. The lowest BCUT2D eigenvalue weighted by Crippen LogP contribution is -1.89. The molecule has 6 heteroatoms. The smallest absolute Gasteiger partial charge is 0.187 e. The van der Waals surface area contributed by atoms with Crippen molar-refractivity contribution < 1.29 is 4.74 Å². The van der Waals surface area contributed by atoms with Crippen molar-refractivity contribution in [2.75, 3.05) is 12.4 Å². The zero-order valence-electron chi connectivity index (χ0n) is 16.8. The Morgan fingerprint density at radius 2 is 1.32 bits per heavy atom. The average Bonchev–Trinajstić information content (AvgIpc) is 3.51. The van der Waals surface area contributed by atoms with Crippen LogP contribution < -0.4 is 10.1 Å². The van der Waals surface area contributed by atoms with Crippen LogP contribution in [-0.4, -0.2) is 17.1 Å². The van der Waals surface area contributed by atoms with Gasteiger partial charge in [-0.3, -0.25) is 0 Å². The predicted molar refractivity (Wildman–Crippen MR) is 130 cm³/mol. The number of rotatable bonds is 6. The SMILES string of the molecule is COc1ccc(-c2nc(-c3ccc(Nc4nc(-c5ccccc5)cs4)cc3)cs2)cc1. The van der Waals surface area contributed by atoms with Gasteiger partial charge in [-0.15, -0.1) is 22.7 Å². The van der Waals surface area contributed by atoms with Crippen LogP contribution in [0.15, 0.2) is 89.6 Å². The summed E-state index contributed by atoms with van der Waals surface area (Å²) in [5.41, 5.74) is 6.27. The monoisotopic (exact) mass is 441 g/mol. The number of thiazole rings is 2. The molecule has 4 nitrogen and oxygen atoms in total. The molecule has 0 aliphatic carbocycles. The Morgan fingerprint density at radius 3 is 2.06 bits per heavy atom. The molecule has 0 fully saturated rings. The van der Waals surface area contributed by atoms with Crippen LogP contribution in [-0.2, 0) is 0 Å². The van der Waals surface area contributed by atoms with Gasteiger partial charge in [0.2, 0.25) is 0 Å². The summed E-state index contributed by atoms with van der Waals surface area (Å²) in [6, 6.07) is 26.5. The van der Waals surface area contributed by atoms with Crippen LogP contribution in [0.5, 0.6) is 5.75 Å². The zero-order chi connectivity index (χ0) is 21.0. The number of methoxy groups -OCH3 is 1. The van der Waals surface area contributed by atoms with Crippen LogP contribution in [0, 0.1) is 0 Å². The molecule has 0 aliphatic heterocycles. The first-order valence-electron chi connectivity index (χ1n) is 9.77. The van der Waals surface area contributed by atoms with Gasteiger partial charge in [0, 0.05) is 33.1 Å². The van der Waals surface area contributed by atoms with Crippen LogP contribution >= 0.6 is 22.7 Å². The van der Waals surface area contributed by atoms with E-state index in [1.807, 2.05) is 42.5 Å². The van der Waals surface area contributed by atoms with E-state index in [9.17, 15) is 0 Å². The van der Waals surface area contributed by atoms with Crippen molar-refractivity contribution in [2.24, 2.45) is 0 Å². The Labute approximate surface area is 188 Å². The molecule has 0 unspecified atom stereocenters. The lowest BCUT2D eigenvalue weighted by atomic mass is 10.1. The summed E-state index contributed by atoms with van der Waals surface area (Å²) < 4.78 is 5.23. The van der Waals surface area contributed by atoms with Crippen molar-refractivity contribution in [3.63, 3.8) is 0 Å². The van der Waals surface area contributed by atoms with Gasteiger partial charge >= 0.3 is 0 Å². The molecule has 31 heavy (non-hydrogen) atoms. The van der Waals surface area contributed by atoms with Gasteiger partial charge in [-0.1, -0.05) is 42.5 Å². The zero-order valence-corrected chi connectivity index (χ0v) is 18.4. The summed E-state index contributed by atoms with van der Waals surface area (Å²) in [4.78, 5) is 9.50. The molecule has 5 rings (SSSR count). The number of anilines is 2. The van der Waals surface area contributed by atoms with Crippen LogP contribution in [0.1, 0.15) is 0 Å². The second-order valence-corrected chi connectivity index (χ2v) is 8.59. The second kappa shape index (κ2) is 8.71. The fourth-order valence-corrected chi connectivity index (χ4v) is 4.77. The molecule has 0 amide bonds. The molecular formula is C25H19N3OS2. The van der Waals surface area contributed by atoms with E-state index in [0.29, 0.717) is 0 Å². The third kappa shape index (κ3) is 4.35. The summed E-state index contributed by atoms with van der Waals surface area (Å²) in [5, 5.41) is 9.43. The molecule has 0 saturated carbocycles. The second-order valence-electron chi connectivity index (χ2n) is 6.87. The fourth-order valence-electron chi connectivity index (χ4n) is 3.19. The van der Waals surface area contributed by atoms with E-state index < -0.39 is 0 Å². The minimum Gasteiger partial charge on any atom is -0.497 e. The van der Waals surface area contributed by atoms with E-state index >= 15 is 0 Å². The number of nitrogens with one attached hydrogen (secondary N) is 1. The highest BCUT2D eigenvalue weighted by atomic mass is 32.1.